The predicted octanol–water partition coefficient (Wildman–Crippen LogP) is 0.386. The van der Waals surface area contributed by atoms with E-state index in [0.29, 0.717) is 5.92 Å². The molecular formula is C8H13F2NO2. The minimum Gasteiger partial charge on any atom is -0.390 e. The summed E-state index contributed by atoms with van der Waals surface area (Å²) in [6.45, 7) is -0.104. The molecule has 76 valence electrons. The molecule has 13 heavy (non-hydrogen) atoms. The van der Waals surface area contributed by atoms with Gasteiger partial charge in [0.05, 0.1) is 6.54 Å². The lowest BCUT2D eigenvalue weighted by Gasteiger charge is -2.13. The molecule has 0 saturated heterocycles. The Bertz CT molecular complexity index is 208. The molecule has 1 saturated carbocycles. The van der Waals surface area contributed by atoms with Crippen LogP contribution in [0, 0.1) is 11.8 Å². The summed E-state index contributed by atoms with van der Waals surface area (Å²) >= 11 is 0. The van der Waals surface area contributed by atoms with E-state index in [9.17, 15) is 13.6 Å². The van der Waals surface area contributed by atoms with Gasteiger partial charge in [-0.3, -0.25) is 4.79 Å². The van der Waals surface area contributed by atoms with E-state index in [0.717, 1.165) is 6.42 Å². The first-order chi connectivity index (χ1) is 5.96. The zero-order valence-electron chi connectivity index (χ0n) is 7.39. The highest BCUT2D eigenvalue weighted by molar-refractivity contribution is 5.81. The van der Waals surface area contributed by atoms with Crippen molar-refractivity contribution >= 4 is 5.91 Å². The Morgan fingerprint density at radius 1 is 1.69 bits per heavy atom. The zero-order valence-corrected chi connectivity index (χ0v) is 7.39. The van der Waals surface area contributed by atoms with E-state index in [2.05, 4.69) is 5.32 Å². The molecule has 1 aliphatic carbocycles. The van der Waals surface area contributed by atoms with Crippen LogP contribution in [0.1, 0.15) is 13.3 Å². The summed E-state index contributed by atoms with van der Waals surface area (Å²) in [5.74, 6) is -3.33. The molecule has 0 aromatic heterocycles. The molecule has 2 unspecified atom stereocenters. The van der Waals surface area contributed by atoms with E-state index >= 15 is 0 Å². The average molecular weight is 193 g/mol. The van der Waals surface area contributed by atoms with Crippen LogP contribution in [0.4, 0.5) is 8.78 Å². The summed E-state index contributed by atoms with van der Waals surface area (Å²) in [6, 6.07) is 0. The van der Waals surface area contributed by atoms with E-state index in [-0.39, 0.29) is 11.8 Å². The molecule has 3 nitrogen and oxygen atoms in total. The highest BCUT2D eigenvalue weighted by Crippen LogP contribution is 2.37. The average Bonchev–Trinajstić information content (AvgIpc) is 2.79. The molecule has 2 N–H and O–H groups in total. The lowest BCUT2D eigenvalue weighted by molar-refractivity contribution is -0.125. The highest BCUT2D eigenvalue weighted by atomic mass is 19.3. The normalized spacial score (nSPS) is 27.1. The Hall–Kier alpha value is -0.710. The van der Waals surface area contributed by atoms with Crippen LogP contribution in [0.3, 0.4) is 0 Å². The molecule has 5 heteroatoms. The van der Waals surface area contributed by atoms with Gasteiger partial charge in [0.2, 0.25) is 5.91 Å². The van der Waals surface area contributed by atoms with Gasteiger partial charge in [0, 0.05) is 5.92 Å². The Morgan fingerprint density at radius 3 is 2.62 bits per heavy atom. The fourth-order valence-corrected chi connectivity index (χ4v) is 1.09. The van der Waals surface area contributed by atoms with Crippen molar-refractivity contribution in [3.63, 3.8) is 0 Å². The van der Waals surface area contributed by atoms with Gasteiger partial charge < -0.3 is 10.4 Å². The van der Waals surface area contributed by atoms with Crippen LogP contribution in [0.15, 0.2) is 0 Å². The topological polar surface area (TPSA) is 49.3 Å². The van der Waals surface area contributed by atoms with Crippen LogP contribution in [-0.4, -0.2) is 30.1 Å². The molecule has 0 heterocycles. The maximum absolute atomic E-state index is 12.4. The lowest BCUT2D eigenvalue weighted by atomic mass is 10.3. The van der Waals surface area contributed by atoms with Crippen molar-refractivity contribution in [2.75, 3.05) is 13.2 Å². The first kappa shape index (κ1) is 10.4. The van der Waals surface area contributed by atoms with Gasteiger partial charge in [-0.2, -0.15) is 0 Å². The number of halogens is 2. The first-order valence-corrected chi connectivity index (χ1v) is 4.22. The van der Waals surface area contributed by atoms with Gasteiger partial charge in [0.1, 0.15) is 6.61 Å². The van der Waals surface area contributed by atoms with Gasteiger partial charge in [0.15, 0.2) is 0 Å². The maximum Gasteiger partial charge on any atom is 0.287 e. The summed E-state index contributed by atoms with van der Waals surface area (Å²) < 4.78 is 24.9. The Balaban J connectivity index is 2.22. The van der Waals surface area contributed by atoms with E-state index < -0.39 is 19.1 Å². The third-order valence-electron chi connectivity index (χ3n) is 2.20. The third-order valence-corrected chi connectivity index (χ3v) is 2.20. The van der Waals surface area contributed by atoms with Crippen LogP contribution in [0.2, 0.25) is 0 Å². The third kappa shape index (κ3) is 2.91. The largest absolute Gasteiger partial charge is 0.390 e. The van der Waals surface area contributed by atoms with Crippen LogP contribution < -0.4 is 5.32 Å². The number of rotatable bonds is 4. The lowest BCUT2D eigenvalue weighted by Crippen LogP contribution is -2.39. The smallest absolute Gasteiger partial charge is 0.287 e. The van der Waals surface area contributed by atoms with Crippen molar-refractivity contribution in [3.05, 3.63) is 0 Å². The van der Waals surface area contributed by atoms with Gasteiger partial charge in [0.25, 0.3) is 5.92 Å². The Labute approximate surface area is 75.1 Å². The maximum atomic E-state index is 12.4. The molecule has 1 rings (SSSR count). The number of hydrogen-bond acceptors (Lipinski definition) is 2. The molecule has 0 aromatic rings. The number of amides is 1. The molecule has 0 spiro atoms. The van der Waals surface area contributed by atoms with Gasteiger partial charge >= 0.3 is 0 Å². The minimum absolute atomic E-state index is 0.102. The van der Waals surface area contributed by atoms with Crippen molar-refractivity contribution in [3.8, 4) is 0 Å². The van der Waals surface area contributed by atoms with Crippen molar-refractivity contribution in [1.82, 2.24) is 5.32 Å². The van der Waals surface area contributed by atoms with Crippen molar-refractivity contribution in [2.45, 2.75) is 19.3 Å². The van der Waals surface area contributed by atoms with Crippen LogP contribution in [-0.2, 0) is 4.79 Å². The van der Waals surface area contributed by atoms with E-state index in [1.807, 2.05) is 6.92 Å². The quantitative estimate of drug-likeness (QED) is 0.678. The molecule has 2 atom stereocenters. The predicted molar refractivity (Wildman–Crippen MR) is 42.3 cm³/mol. The first-order valence-electron chi connectivity index (χ1n) is 4.22. The summed E-state index contributed by atoms with van der Waals surface area (Å²) in [4.78, 5) is 11.1. The van der Waals surface area contributed by atoms with Gasteiger partial charge in [-0.1, -0.05) is 6.92 Å². The standard InChI is InChI=1S/C8H13F2NO2/c1-5-2-6(5)7(13)11-3-8(9,10)4-12/h5-6,12H,2-4H2,1H3,(H,11,13). The summed E-state index contributed by atoms with van der Waals surface area (Å²) in [7, 11) is 0. The monoisotopic (exact) mass is 193 g/mol. The van der Waals surface area contributed by atoms with Crippen molar-refractivity contribution < 1.29 is 18.7 Å². The fourth-order valence-electron chi connectivity index (χ4n) is 1.09. The molecule has 0 aliphatic heterocycles. The number of carbonyl (C=O) groups is 1. The number of nitrogens with one attached hydrogen (secondary N) is 1. The summed E-state index contributed by atoms with van der Waals surface area (Å²) in [6.07, 6.45) is 0.774. The molecule has 1 amide bonds. The molecule has 1 fully saturated rings. The molecule has 0 aromatic carbocycles. The van der Waals surface area contributed by atoms with Crippen LogP contribution >= 0.6 is 0 Å². The summed E-state index contributed by atoms with van der Waals surface area (Å²) in [5.41, 5.74) is 0. The van der Waals surface area contributed by atoms with Gasteiger partial charge in [-0.25, -0.2) is 8.78 Å². The molecule has 0 bridgehead atoms. The minimum atomic E-state index is -3.20. The SMILES string of the molecule is CC1CC1C(=O)NCC(F)(F)CO. The van der Waals surface area contributed by atoms with Crippen molar-refractivity contribution in [2.24, 2.45) is 11.8 Å². The fraction of sp³-hybridized carbons (Fsp3) is 0.875. The summed E-state index contributed by atoms with van der Waals surface area (Å²) in [5, 5.41) is 10.3. The Kier molecular flexibility index (Phi) is 2.85. The van der Waals surface area contributed by atoms with Crippen molar-refractivity contribution in [1.29, 1.82) is 0 Å². The highest BCUT2D eigenvalue weighted by Gasteiger charge is 2.40. The van der Waals surface area contributed by atoms with Gasteiger partial charge in [-0.15, -0.1) is 0 Å². The molecular weight excluding hydrogens is 180 g/mol. The number of carbonyl (C=O) groups excluding carboxylic acids is 1. The number of aliphatic hydroxyl groups excluding tert-OH is 1. The second-order valence-corrected chi connectivity index (χ2v) is 3.55. The second kappa shape index (κ2) is 3.57. The van der Waals surface area contributed by atoms with E-state index in [4.69, 9.17) is 5.11 Å². The number of alkyl halides is 2. The zero-order chi connectivity index (χ0) is 10.1. The number of aliphatic hydroxyl groups is 1. The number of hydrogen-bond donors (Lipinski definition) is 2. The van der Waals surface area contributed by atoms with E-state index in [1.54, 1.807) is 0 Å². The molecule has 0 radical (unpaired) electrons. The van der Waals surface area contributed by atoms with Gasteiger partial charge in [-0.05, 0) is 12.3 Å². The van der Waals surface area contributed by atoms with Crippen LogP contribution in [0.25, 0.3) is 0 Å². The van der Waals surface area contributed by atoms with E-state index in [1.165, 1.54) is 0 Å². The van der Waals surface area contributed by atoms with Crippen LogP contribution in [0.5, 0.6) is 0 Å². The second-order valence-electron chi connectivity index (χ2n) is 3.55. The Morgan fingerprint density at radius 2 is 2.23 bits per heavy atom. The molecule has 1 aliphatic rings.